The summed E-state index contributed by atoms with van der Waals surface area (Å²) >= 11 is 0. The summed E-state index contributed by atoms with van der Waals surface area (Å²) in [6.07, 6.45) is 2.03. The lowest BCUT2D eigenvalue weighted by Crippen LogP contribution is -2.39. The van der Waals surface area contributed by atoms with Gasteiger partial charge in [0.1, 0.15) is 0 Å². The van der Waals surface area contributed by atoms with Crippen LogP contribution >= 0.6 is 0 Å². The minimum atomic E-state index is -3.39. The first kappa shape index (κ1) is 15.8. The number of methoxy groups -OCH3 is 1. The van der Waals surface area contributed by atoms with Crippen LogP contribution < -0.4 is 4.72 Å². The van der Waals surface area contributed by atoms with E-state index in [1.807, 2.05) is 0 Å². The van der Waals surface area contributed by atoms with Crippen LogP contribution in [0.5, 0.6) is 0 Å². The van der Waals surface area contributed by atoms with Gasteiger partial charge >= 0.3 is 0 Å². The zero-order valence-electron chi connectivity index (χ0n) is 9.98. The van der Waals surface area contributed by atoms with Crippen molar-refractivity contribution in [1.29, 1.82) is 0 Å². The third-order valence-electron chi connectivity index (χ3n) is 2.10. The van der Waals surface area contributed by atoms with Gasteiger partial charge in [0.25, 0.3) is 10.2 Å². The van der Waals surface area contributed by atoms with Gasteiger partial charge in [-0.25, -0.2) is 4.72 Å². The summed E-state index contributed by atoms with van der Waals surface area (Å²) in [7, 11) is -0.277. The fourth-order valence-electron chi connectivity index (χ4n) is 1.10. The number of nitrogens with zero attached hydrogens (tertiary/aromatic N) is 1. The van der Waals surface area contributed by atoms with Crippen LogP contribution in [0.25, 0.3) is 0 Å². The van der Waals surface area contributed by atoms with Gasteiger partial charge in [-0.15, -0.1) is 0 Å². The molecule has 0 fully saturated rings. The molecule has 0 aliphatic carbocycles. The lowest BCUT2D eigenvalue weighted by Gasteiger charge is -2.16. The van der Waals surface area contributed by atoms with Crippen LogP contribution in [0.4, 0.5) is 0 Å². The third-order valence-corrected chi connectivity index (χ3v) is 3.67. The number of aliphatic hydroxyl groups is 1. The summed E-state index contributed by atoms with van der Waals surface area (Å²) in [6.45, 7) is 1.37. The molecule has 0 saturated carbocycles. The SMILES string of the molecule is COCCCCNS(=O)(=O)N(C)CCCO. The Labute approximate surface area is 97.8 Å². The highest BCUT2D eigenvalue weighted by Gasteiger charge is 2.15. The lowest BCUT2D eigenvalue weighted by molar-refractivity contribution is 0.193. The Balaban J connectivity index is 3.77. The van der Waals surface area contributed by atoms with Crippen molar-refractivity contribution in [3.8, 4) is 0 Å². The molecule has 7 heteroatoms. The van der Waals surface area contributed by atoms with Crippen molar-refractivity contribution in [3.05, 3.63) is 0 Å². The van der Waals surface area contributed by atoms with Crippen molar-refractivity contribution in [2.75, 3.05) is 40.5 Å². The Bertz CT molecular complexity index is 256. The molecular weight excluding hydrogens is 232 g/mol. The second-order valence-corrected chi connectivity index (χ2v) is 5.36. The van der Waals surface area contributed by atoms with Gasteiger partial charge < -0.3 is 9.84 Å². The summed E-state index contributed by atoms with van der Waals surface area (Å²) < 4.78 is 31.7. The number of nitrogens with one attached hydrogen (secondary N) is 1. The molecule has 0 aromatic carbocycles. The van der Waals surface area contributed by atoms with Gasteiger partial charge in [-0.1, -0.05) is 0 Å². The Morgan fingerprint density at radius 1 is 1.31 bits per heavy atom. The smallest absolute Gasteiger partial charge is 0.279 e. The molecule has 0 amide bonds. The molecule has 0 radical (unpaired) electrons. The molecule has 0 aromatic rings. The van der Waals surface area contributed by atoms with Gasteiger partial charge in [-0.3, -0.25) is 0 Å². The van der Waals surface area contributed by atoms with E-state index < -0.39 is 10.2 Å². The summed E-state index contributed by atoms with van der Waals surface area (Å²) in [5, 5.41) is 8.60. The van der Waals surface area contributed by atoms with Crippen molar-refractivity contribution in [1.82, 2.24) is 9.03 Å². The van der Waals surface area contributed by atoms with Gasteiger partial charge in [-0.05, 0) is 19.3 Å². The third kappa shape index (κ3) is 7.13. The molecule has 16 heavy (non-hydrogen) atoms. The maximum Gasteiger partial charge on any atom is 0.279 e. The normalized spacial score (nSPS) is 12.2. The molecule has 0 saturated heterocycles. The monoisotopic (exact) mass is 254 g/mol. The first-order valence-corrected chi connectivity index (χ1v) is 6.79. The standard InChI is InChI=1S/C9H22N2O4S/c1-11(7-5-8-12)16(13,14)10-6-3-4-9-15-2/h10,12H,3-9H2,1-2H3. The number of hydrogen-bond donors (Lipinski definition) is 2. The summed E-state index contributed by atoms with van der Waals surface area (Å²) in [4.78, 5) is 0. The van der Waals surface area contributed by atoms with Crippen molar-refractivity contribution in [2.45, 2.75) is 19.3 Å². The molecule has 0 aliphatic rings. The number of hydrogen-bond acceptors (Lipinski definition) is 4. The first-order valence-electron chi connectivity index (χ1n) is 5.35. The van der Waals surface area contributed by atoms with Crippen LogP contribution in [0.1, 0.15) is 19.3 Å². The van der Waals surface area contributed by atoms with E-state index in [9.17, 15) is 8.42 Å². The zero-order chi connectivity index (χ0) is 12.4. The summed E-state index contributed by atoms with van der Waals surface area (Å²) in [6, 6.07) is 0. The molecule has 2 N–H and O–H groups in total. The molecule has 0 aliphatic heterocycles. The lowest BCUT2D eigenvalue weighted by atomic mass is 10.3. The van der Waals surface area contributed by atoms with Crippen molar-refractivity contribution >= 4 is 10.2 Å². The fraction of sp³-hybridized carbons (Fsp3) is 1.00. The van der Waals surface area contributed by atoms with Crippen molar-refractivity contribution in [3.63, 3.8) is 0 Å². The predicted octanol–water partition coefficient (Wildman–Crippen LogP) is -0.438. The number of ether oxygens (including phenoxy) is 1. The number of aliphatic hydroxyl groups excluding tert-OH is 1. The summed E-state index contributed by atoms with van der Waals surface area (Å²) in [5.74, 6) is 0. The fourth-order valence-corrected chi connectivity index (χ4v) is 2.09. The van der Waals surface area contributed by atoms with Crippen LogP contribution in [0, 0.1) is 0 Å². The van der Waals surface area contributed by atoms with Crippen LogP contribution in [0.2, 0.25) is 0 Å². The van der Waals surface area contributed by atoms with Gasteiger partial charge in [0.2, 0.25) is 0 Å². The average Bonchev–Trinajstić information content (AvgIpc) is 2.25. The maximum absolute atomic E-state index is 11.6. The molecule has 98 valence electrons. The average molecular weight is 254 g/mol. The molecular formula is C9H22N2O4S. The highest BCUT2D eigenvalue weighted by Crippen LogP contribution is 1.96. The van der Waals surface area contributed by atoms with E-state index in [4.69, 9.17) is 9.84 Å². The molecule has 0 aromatic heterocycles. The molecule has 0 spiro atoms. The molecule has 0 rings (SSSR count). The van der Waals surface area contributed by atoms with E-state index in [0.29, 0.717) is 26.1 Å². The molecule has 0 atom stereocenters. The minimum Gasteiger partial charge on any atom is -0.396 e. The Morgan fingerprint density at radius 2 is 2.00 bits per heavy atom. The Hall–Kier alpha value is -0.210. The molecule has 6 nitrogen and oxygen atoms in total. The number of unbranched alkanes of at least 4 members (excludes halogenated alkanes) is 1. The molecule has 0 unspecified atom stereocenters. The van der Waals surface area contributed by atoms with E-state index in [1.54, 1.807) is 7.11 Å². The van der Waals surface area contributed by atoms with Crippen LogP contribution in [0.15, 0.2) is 0 Å². The summed E-state index contributed by atoms with van der Waals surface area (Å²) in [5.41, 5.74) is 0. The predicted molar refractivity (Wildman–Crippen MR) is 62.4 cm³/mol. The Kier molecular flexibility index (Phi) is 8.77. The number of rotatable bonds is 10. The van der Waals surface area contributed by atoms with E-state index in [0.717, 1.165) is 12.8 Å². The highest BCUT2D eigenvalue weighted by molar-refractivity contribution is 7.87. The van der Waals surface area contributed by atoms with E-state index in [-0.39, 0.29) is 6.61 Å². The first-order chi connectivity index (χ1) is 7.54. The maximum atomic E-state index is 11.6. The van der Waals surface area contributed by atoms with Crippen LogP contribution in [0.3, 0.4) is 0 Å². The van der Waals surface area contributed by atoms with E-state index >= 15 is 0 Å². The van der Waals surface area contributed by atoms with Crippen LogP contribution in [-0.2, 0) is 14.9 Å². The van der Waals surface area contributed by atoms with Crippen LogP contribution in [-0.4, -0.2) is 58.3 Å². The second-order valence-electron chi connectivity index (χ2n) is 3.50. The van der Waals surface area contributed by atoms with Gasteiger partial charge in [0, 0.05) is 40.5 Å². The quantitative estimate of drug-likeness (QED) is 0.518. The van der Waals surface area contributed by atoms with E-state index in [2.05, 4.69) is 4.72 Å². The highest BCUT2D eigenvalue weighted by atomic mass is 32.2. The zero-order valence-corrected chi connectivity index (χ0v) is 10.8. The Morgan fingerprint density at radius 3 is 2.56 bits per heavy atom. The molecule has 0 heterocycles. The second kappa shape index (κ2) is 8.89. The topological polar surface area (TPSA) is 78.9 Å². The van der Waals surface area contributed by atoms with Gasteiger partial charge in [0.05, 0.1) is 0 Å². The van der Waals surface area contributed by atoms with E-state index in [1.165, 1.54) is 11.4 Å². The van der Waals surface area contributed by atoms with Crippen molar-refractivity contribution in [2.24, 2.45) is 0 Å². The van der Waals surface area contributed by atoms with Gasteiger partial charge in [-0.2, -0.15) is 12.7 Å². The molecule has 0 bridgehead atoms. The van der Waals surface area contributed by atoms with Crippen molar-refractivity contribution < 1.29 is 18.3 Å². The minimum absolute atomic E-state index is 0.00625. The largest absolute Gasteiger partial charge is 0.396 e. The van der Waals surface area contributed by atoms with Gasteiger partial charge in [0.15, 0.2) is 0 Å².